The Labute approximate surface area is 85.1 Å². The molecule has 0 saturated carbocycles. The predicted molar refractivity (Wildman–Crippen MR) is 54.7 cm³/mol. The van der Waals surface area contributed by atoms with Crippen LogP contribution in [0.4, 0.5) is 0 Å². The summed E-state index contributed by atoms with van der Waals surface area (Å²) in [5.41, 5.74) is 5.52. The third-order valence-electron chi connectivity index (χ3n) is 2.83. The third-order valence-corrected chi connectivity index (χ3v) is 2.83. The third kappa shape index (κ3) is 2.69. The van der Waals surface area contributed by atoms with Crippen molar-refractivity contribution in [2.75, 3.05) is 19.6 Å². The average Bonchev–Trinajstić information content (AvgIpc) is 2.19. The van der Waals surface area contributed by atoms with Crippen LogP contribution in [0.3, 0.4) is 0 Å². The van der Waals surface area contributed by atoms with Crippen molar-refractivity contribution in [3.05, 3.63) is 0 Å². The summed E-state index contributed by atoms with van der Waals surface area (Å²) in [7, 11) is 0. The van der Waals surface area contributed by atoms with Crippen LogP contribution in [0.1, 0.15) is 26.2 Å². The van der Waals surface area contributed by atoms with Crippen molar-refractivity contribution in [3.63, 3.8) is 0 Å². The van der Waals surface area contributed by atoms with Gasteiger partial charge in [-0.3, -0.25) is 4.79 Å². The number of nitrogens with two attached hydrogens (primary N) is 1. The Bertz CT molecular complexity index is 193. The van der Waals surface area contributed by atoms with Gasteiger partial charge in [-0.05, 0) is 19.3 Å². The topological polar surface area (TPSA) is 66.6 Å². The summed E-state index contributed by atoms with van der Waals surface area (Å²) in [6.07, 6.45) is 2.14. The van der Waals surface area contributed by atoms with E-state index in [0.717, 1.165) is 25.8 Å². The van der Waals surface area contributed by atoms with E-state index in [0.29, 0.717) is 13.1 Å². The first kappa shape index (κ1) is 11.5. The van der Waals surface area contributed by atoms with Crippen LogP contribution >= 0.6 is 0 Å². The van der Waals surface area contributed by atoms with Gasteiger partial charge < -0.3 is 15.7 Å². The highest BCUT2D eigenvalue weighted by molar-refractivity contribution is 5.79. The molecule has 0 aliphatic carbocycles. The van der Waals surface area contributed by atoms with Crippen molar-refractivity contribution in [1.29, 1.82) is 0 Å². The second-order valence-corrected chi connectivity index (χ2v) is 3.92. The van der Waals surface area contributed by atoms with Crippen LogP contribution in [0.25, 0.3) is 0 Å². The van der Waals surface area contributed by atoms with Crippen molar-refractivity contribution in [2.24, 2.45) is 11.7 Å². The number of hydrogen-bond donors (Lipinski definition) is 2. The Morgan fingerprint density at radius 3 is 2.93 bits per heavy atom. The van der Waals surface area contributed by atoms with Crippen LogP contribution < -0.4 is 5.73 Å². The lowest BCUT2D eigenvalue weighted by Gasteiger charge is -2.32. The normalized spacial score (nSPS) is 24.8. The Balaban J connectivity index is 2.50. The van der Waals surface area contributed by atoms with Crippen molar-refractivity contribution in [2.45, 2.75) is 32.3 Å². The number of nitrogens with zero attached hydrogens (tertiary/aromatic N) is 1. The van der Waals surface area contributed by atoms with Gasteiger partial charge >= 0.3 is 0 Å². The number of aliphatic hydroxyl groups is 1. The van der Waals surface area contributed by atoms with E-state index < -0.39 is 0 Å². The van der Waals surface area contributed by atoms with E-state index in [4.69, 9.17) is 5.73 Å². The zero-order valence-corrected chi connectivity index (χ0v) is 8.78. The van der Waals surface area contributed by atoms with E-state index in [1.54, 1.807) is 4.90 Å². The minimum atomic E-state index is -0.344. The number of aliphatic hydroxyl groups excluding tert-OH is 1. The summed E-state index contributed by atoms with van der Waals surface area (Å²) >= 11 is 0. The number of rotatable bonds is 3. The molecule has 1 aliphatic heterocycles. The highest BCUT2D eigenvalue weighted by Crippen LogP contribution is 2.14. The zero-order chi connectivity index (χ0) is 10.6. The standard InChI is InChI=1S/C10H20N2O2/c1-2-8(6-11)10(14)12-5-3-4-9(13)7-12/h8-9,13H,2-7,11H2,1H3/t8?,9-/m0/s1. The maximum Gasteiger partial charge on any atom is 0.227 e. The molecule has 14 heavy (non-hydrogen) atoms. The van der Waals surface area contributed by atoms with E-state index in [9.17, 15) is 9.90 Å². The second-order valence-electron chi connectivity index (χ2n) is 3.92. The molecule has 0 aromatic carbocycles. The summed E-state index contributed by atoms with van der Waals surface area (Å²) in [5.74, 6) is 0.0362. The highest BCUT2D eigenvalue weighted by Gasteiger charge is 2.26. The molecule has 4 nitrogen and oxygen atoms in total. The fraction of sp³-hybridized carbons (Fsp3) is 0.900. The maximum absolute atomic E-state index is 11.8. The van der Waals surface area contributed by atoms with Gasteiger partial charge in [-0.25, -0.2) is 0 Å². The van der Waals surface area contributed by atoms with Crippen molar-refractivity contribution in [1.82, 2.24) is 4.90 Å². The van der Waals surface area contributed by atoms with Gasteiger partial charge in [0, 0.05) is 19.6 Å². The van der Waals surface area contributed by atoms with Crippen LogP contribution in [-0.2, 0) is 4.79 Å². The first-order valence-electron chi connectivity index (χ1n) is 5.36. The fourth-order valence-corrected chi connectivity index (χ4v) is 1.86. The summed E-state index contributed by atoms with van der Waals surface area (Å²) < 4.78 is 0. The van der Waals surface area contributed by atoms with Gasteiger partial charge in [-0.2, -0.15) is 0 Å². The number of likely N-dealkylation sites (tertiary alicyclic amines) is 1. The van der Waals surface area contributed by atoms with Crippen molar-refractivity contribution < 1.29 is 9.90 Å². The molecule has 0 radical (unpaired) electrons. The molecule has 1 aliphatic rings. The van der Waals surface area contributed by atoms with Crippen molar-refractivity contribution >= 4 is 5.91 Å². The van der Waals surface area contributed by atoms with E-state index in [-0.39, 0.29) is 17.9 Å². The van der Waals surface area contributed by atoms with Crippen LogP contribution in [0.5, 0.6) is 0 Å². The van der Waals surface area contributed by atoms with Crippen molar-refractivity contribution in [3.8, 4) is 0 Å². The monoisotopic (exact) mass is 200 g/mol. The van der Waals surface area contributed by atoms with Gasteiger partial charge in [0.1, 0.15) is 0 Å². The molecule has 1 amide bonds. The smallest absolute Gasteiger partial charge is 0.227 e. The predicted octanol–water partition coefficient (Wildman–Crippen LogP) is -0.0454. The van der Waals surface area contributed by atoms with Crippen LogP contribution in [-0.4, -0.2) is 41.7 Å². The lowest BCUT2D eigenvalue weighted by Crippen LogP contribution is -2.46. The highest BCUT2D eigenvalue weighted by atomic mass is 16.3. The van der Waals surface area contributed by atoms with Crippen LogP contribution in [0.15, 0.2) is 0 Å². The summed E-state index contributed by atoms with van der Waals surface area (Å²) in [6, 6.07) is 0. The quantitative estimate of drug-likeness (QED) is 0.671. The van der Waals surface area contributed by atoms with E-state index in [2.05, 4.69) is 0 Å². The summed E-state index contributed by atoms with van der Waals surface area (Å²) in [6.45, 7) is 3.62. The number of amides is 1. The number of piperidine rings is 1. The molecule has 1 fully saturated rings. The molecular weight excluding hydrogens is 180 g/mol. The molecule has 0 spiro atoms. The Morgan fingerprint density at radius 2 is 2.43 bits per heavy atom. The number of β-amino-alcohol motifs (C(OH)–C–C–N with tert-alkyl or cyclic N) is 1. The second kappa shape index (κ2) is 5.32. The molecule has 0 bridgehead atoms. The molecule has 1 unspecified atom stereocenters. The van der Waals surface area contributed by atoms with Gasteiger partial charge in [0.15, 0.2) is 0 Å². The average molecular weight is 200 g/mol. The number of hydrogen-bond acceptors (Lipinski definition) is 3. The lowest BCUT2D eigenvalue weighted by molar-refractivity contribution is -0.138. The van der Waals surface area contributed by atoms with Crippen LogP contribution in [0.2, 0.25) is 0 Å². The fourth-order valence-electron chi connectivity index (χ4n) is 1.86. The Kier molecular flexibility index (Phi) is 4.35. The van der Waals surface area contributed by atoms with E-state index in [1.807, 2.05) is 6.92 Å². The molecular formula is C10H20N2O2. The largest absolute Gasteiger partial charge is 0.391 e. The minimum Gasteiger partial charge on any atom is -0.391 e. The lowest BCUT2D eigenvalue weighted by atomic mass is 10.0. The molecule has 0 aromatic rings. The molecule has 1 rings (SSSR count). The Hall–Kier alpha value is -0.610. The molecule has 1 saturated heterocycles. The molecule has 3 N–H and O–H groups in total. The Morgan fingerprint density at radius 1 is 1.71 bits per heavy atom. The number of carbonyl (C=O) groups is 1. The van der Waals surface area contributed by atoms with Gasteiger partial charge in [0.25, 0.3) is 0 Å². The molecule has 2 atom stereocenters. The van der Waals surface area contributed by atoms with Gasteiger partial charge in [-0.1, -0.05) is 6.92 Å². The number of carbonyl (C=O) groups excluding carboxylic acids is 1. The zero-order valence-electron chi connectivity index (χ0n) is 8.78. The van der Waals surface area contributed by atoms with E-state index in [1.165, 1.54) is 0 Å². The maximum atomic E-state index is 11.8. The minimum absolute atomic E-state index is 0.0692. The first-order chi connectivity index (χ1) is 6.69. The summed E-state index contributed by atoms with van der Waals surface area (Å²) in [4.78, 5) is 13.6. The van der Waals surface area contributed by atoms with Gasteiger partial charge in [0.05, 0.1) is 12.0 Å². The molecule has 0 aromatic heterocycles. The molecule has 4 heteroatoms. The molecule has 82 valence electrons. The van der Waals surface area contributed by atoms with E-state index >= 15 is 0 Å². The summed E-state index contributed by atoms with van der Waals surface area (Å²) in [5, 5.41) is 9.43. The van der Waals surface area contributed by atoms with Gasteiger partial charge in [0.2, 0.25) is 5.91 Å². The van der Waals surface area contributed by atoms with Gasteiger partial charge in [-0.15, -0.1) is 0 Å². The SMILES string of the molecule is CCC(CN)C(=O)N1CCC[C@H](O)C1. The first-order valence-corrected chi connectivity index (χ1v) is 5.36. The molecule has 1 heterocycles. The van der Waals surface area contributed by atoms with Crippen LogP contribution in [0, 0.1) is 5.92 Å².